The first-order valence-electron chi connectivity index (χ1n) is 8.40. The SMILES string of the molecule is CCN1CCC(CNC(=NC)NCC(C)Cc2cccs2)C1.I. The average Bonchev–Trinajstić information content (AvgIpc) is 3.18. The minimum absolute atomic E-state index is 0. The highest BCUT2D eigenvalue weighted by Crippen LogP contribution is 2.15. The van der Waals surface area contributed by atoms with Crippen molar-refractivity contribution in [2.45, 2.75) is 26.7 Å². The molecule has 4 nitrogen and oxygen atoms in total. The molecule has 23 heavy (non-hydrogen) atoms. The zero-order valence-corrected chi connectivity index (χ0v) is 17.7. The minimum atomic E-state index is 0. The molecule has 0 aliphatic carbocycles. The molecule has 1 aliphatic heterocycles. The Balaban J connectivity index is 0.00000264. The lowest BCUT2D eigenvalue weighted by Crippen LogP contribution is -2.42. The van der Waals surface area contributed by atoms with E-state index in [4.69, 9.17) is 0 Å². The molecule has 1 saturated heterocycles. The molecule has 2 atom stereocenters. The number of halogens is 1. The standard InChI is InChI=1S/C17H30N4S.HI/c1-4-21-8-7-15(13-21)12-20-17(18-3)19-11-14(2)10-16-6-5-9-22-16;/h5-6,9,14-15H,4,7-8,10-13H2,1-3H3,(H2,18,19,20);1H. The van der Waals surface area contributed by atoms with Crippen LogP contribution in [0.1, 0.15) is 25.1 Å². The summed E-state index contributed by atoms with van der Waals surface area (Å²) in [7, 11) is 1.85. The lowest BCUT2D eigenvalue weighted by molar-refractivity contribution is 0.341. The first kappa shape index (κ1) is 20.7. The molecule has 1 aromatic heterocycles. The predicted molar refractivity (Wildman–Crippen MR) is 112 cm³/mol. The molecule has 1 aromatic rings. The molecule has 0 amide bonds. The Morgan fingerprint density at radius 1 is 1.48 bits per heavy atom. The molecule has 0 radical (unpaired) electrons. The quantitative estimate of drug-likeness (QED) is 0.381. The van der Waals surface area contributed by atoms with Crippen LogP contribution >= 0.6 is 35.3 Å². The van der Waals surface area contributed by atoms with Gasteiger partial charge in [-0.05, 0) is 49.2 Å². The van der Waals surface area contributed by atoms with E-state index >= 15 is 0 Å². The Kier molecular flexibility index (Phi) is 10.1. The smallest absolute Gasteiger partial charge is 0.190 e. The number of rotatable bonds is 7. The molecule has 2 unspecified atom stereocenters. The largest absolute Gasteiger partial charge is 0.356 e. The lowest BCUT2D eigenvalue weighted by Gasteiger charge is -2.18. The fourth-order valence-corrected chi connectivity index (χ4v) is 3.81. The van der Waals surface area contributed by atoms with Crippen molar-refractivity contribution in [2.75, 3.05) is 39.8 Å². The van der Waals surface area contributed by atoms with Gasteiger partial charge in [0.2, 0.25) is 0 Å². The van der Waals surface area contributed by atoms with E-state index in [1.165, 1.54) is 30.9 Å². The van der Waals surface area contributed by atoms with Gasteiger partial charge in [0.1, 0.15) is 0 Å². The van der Waals surface area contributed by atoms with Crippen LogP contribution in [0.25, 0.3) is 0 Å². The number of likely N-dealkylation sites (tertiary alicyclic amines) is 1. The molecule has 6 heteroatoms. The van der Waals surface area contributed by atoms with Crippen LogP contribution < -0.4 is 10.6 Å². The van der Waals surface area contributed by atoms with Crippen molar-refractivity contribution in [3.05, 3.63) is 22.4 Å². The molecule has 2 rings (SSSR count). The summed E-state index contributed by atoms with van der Waals surface area (Å²) in [4.78, 5) is 8.32. The fourth-order valence-electron chi connectivity index (χ4n) is 2.94. The van der Waals surface area contributed by atoms with Gasteiger partial charge in [-0.1, -0.05) is 19.9 Å². The van der Waals surface area contributed by atoms with E-state index in [2.05, 4.69) is 51.9 Å². The Morgan fingerprint density at radius 3 is 2.91 bits per heavy atom. The van der Waals surface area contributed by atoms with Gasteiger partial charge in [-0.3, -0.25) is 4.99 Å². The molecule has 1 fully saturated rings. The molecular formula is C17H31IN4S. The summed E-state index contributed by atoms with van der Waals surface area (Å²) in [6, 6.07) is 4.34. The number of nitrogens with one attached hydrogen (secondary N) is 2. The summed E-state index contributed by atoms with van der Waals surface area (Å²) in [6.07, 6.45) is 2.43. The molecule has 0 saturated carbocycles. The highest BCUT2D eigenvalue weighted by molar-refractivity contribution is 14.0. The van der Waals surface area contributed by atoms with Gasteiger partial charge in [0.25, 0.3) is 0 Å². The van der Waals surface area contributed by atoms with Crippen LogP contribution in [0.15, 0.2) is 22.5 Å². The monoisotopic (exact) mass is 450 g/mol. The zero-order valence-electron chi connectivity index (χ0n) is 14.5. The van der Waals surface area contributed by atoms with Crippen LogP contribution in [0.4, 0.5) is 0 Å². The predicted octanol–water partition coefficient (Wildman–Crippen LogP) is 3.05. The van der Waals surface area contributed by atoms with Gasteiger partial charge in [0.05, 0.1) is 0 Å². The van der Waals surface area contributed by atoms with E-state index in [0.717, 1.165) is 31.4 Å². The van der Waals surface area contributed by atoms with E-state index in [-0.39, 0.29) is 24.0 Å². The molecular weight excluding hydrogens is 419 g/mol. The Bertz CT molecular complexity index is 449. The van der Waals surface area contributed by atoms with Gasteiger partial charge in [0.15, 0.2) is 5.96 Å². The maximum Gasteiger partial charge on any atom is 0.190 e. The average molecular weight is 450 g/mol. The van der Waals surface area contributed by atoms with Crippen LogP contribution in [0, 0.1) is 11.8 Å². The summed E-state index contributed by atoms with van der Waals surface area (Å²) in [5, 5.41) is 9.10. The van der Waals surface area contributed by atoms with Crippen molar-refractivity contribution >= 4 is 41.3 Å². The van der Waals surface area contributed by atoms with E-state index in [1.807, 2.05) is 18.4 Å². The van der Waals surface area contributed by atoms with Crippen molar-refractivity contribution in [3.8, 4) is 0 Å². The molecule has 132 valence electrons. The lowest BCUT2D eigenvalue weighted by atomic mass is 10.1. The number of hydrogen-bond acceptors (Lipinski definition) is 3. The molecule has 1 aliphatic rings. The van der Waals surface area contributed by atoms with Crippen molar-refractivity contribution in [3.63, 3.8) is 0 Å². The first-order valence-corrected chi connectivity index (χ1v) is 9.28. The number of guanidine groups is 1. The summed E-state index contributed by atoms with van der Waals surface area (Å²) >= 11 is 1.84. The molecule has 0 bridgehead atoms. The van der Waals surface area contributed by atoms with Gasteiger partial charge >= 0.3 is 0 Å². The summed E-state index contributed by atoms with van der Waals surface area (Å²) in [5.41, 5.74) is 0. The topological polar surface area (TPSA) is 39.7 Å². The Hall–Kier alpha value is -0.340. The highest BCUT2D eigenvalue weighted by Gasteiger charge is 2.21. The van der Waals surface area contributed by atoms with Gasteiger partial charge in [-0.25, -0.2) is 0 Å². The van der Waals surface area contributed by atoms with E-state index in [0.29, 0.717) is 5.92 Å². The molecule has 2 N–H and O–H groups in total. The van der Waals surface area contributed by atoms with E-state index < -0.39 is 0 Å². The van der Waals surface area contributed by atoms with Crippen molar-refractivity contribution in [2.24, 2.45) is 16.8 Å². The van der Waals surface area contributed by atoms with Gasteiger partial charge in [-0.15, -0.1) is 35.3 Å². The molecule has 0 aromatic carbocycles. The Labute approximate surface area is 162 Å². The fraction of sp³-hybridized carbons (Fsp3) is 0.706. The zero-order chi connectivity index (χ0) is 15.8. The second-order valence-corrected chi connectivity index (χ2v) is 7.30. The van der Waals surface area contributed by atoms with Gasteiger partial charge in [0, 0.05) is 31.6 Å². The van der Waals surface area contributed by atoms with Crippen LogP contribution in [0.3, 0.4) is 0 Å². The Morgan fingerprint density at radius 2 is 2.30 bits per heavy atom. The normalized spacial score (nSPS) is 20.1. The number of nitrogens with zero attached hydrogens (tertiary/aromatic N) is 2. The third-order valence-electron chi connectivity index (χ3n) is 4.35. The van der Waals surface area contributed by atoms with E-state index in [1.54, 1.807) is 0 Å². The maximum atomic E-state index is 4.34. The summed E-state index contributed by atoms with van der Waals surface area (Å²) in [5.74, 6) is 2.30. The van der Waals surface area contributed by atoms with Crippen LogP contribution in [-0.4, -0.2) is 50.6 Å². The molecule has 2 heterocycles. The van der Waals surface area contributed by atoms with Crippen molar-refractivity contribution in [1.82, 2.24) is 15.5 Å². The summed E-state index contributed by atoms with van der Waals surface area (Å²) < 4.78 is 0. The van der Waals surface area contributed by atoms with Crippen LogP contribution in [-0.2, 0) is 6.42 Å². The third kappa shape index (κ3) is 7.39. The molecule has 0 spiro atoms. The number of thiophene rings is 1. The second kappa shape index (κ2) is 11.3. The van der Waals surface area contributed by atoms with E-state index in [9.17, 15) is 0 Å². The first-order chi connectivity index (χ1) is 10.7. The summed E-state index contributed by atoms with van der Waals surface area (Å²) in [6.45, 7) is 10.1. The number of aliphatic imine (C=N–C) groups is 1. The third-order valence-corrected chi connectivity index (χ3v) is 5.25. The van der Waals surface area contributed by atoms with Crippen molar-refractivity contribution in [1.29, 1.82) is 0 Å². The van der Waals surface area contributed by atoms with Crippen molar-refractivity contribution < 1.29 is 0 Å². The maximum absolute atomic E-state index is 4.34. The minimum Gasteiger partial charge on any atom is -0.356 e. The van der Waals surface area contributed by atoms with Gasteiger partial charge < -0.3 is 15.5 Å². The number of hydrogen-bond donors (Lipinski definition) is 2. The van der Waals surface area contributed by atoms with Gasteiger partial charge in [-0.2, -0.15) is 0 Å². The van der Waals surface area contributed by atoms with Crippen LogP contribution in [0.5, 0.6) is 0 Å². The second-order valence-electron chi connectivity index (χ2n) is 6.27. The van der Waals surface area contributed by atoms with Crippen LogP contribution in [0.2, 0.25) is 0 Å². The highest BCUT2D eigenvalue weighted by atomic mass is 127.